The number of hydrogen-bond donors (Lipinski definition) is 2. The molecule has 1 unspecified atom stereocenters. The first-order valence-electron chi connectivity index (χ1n) is 15.8. The highest BCUT2D eigenvalue weighted by atomic mass is 16.8. The molecule has 0 spiro atoms. The molecule has 0 aromatic heterocycles. The molecule has 1 aromatic carbocycles. The fraction of sp³-hybridized carbons (Fsp3) is 0.735. The van der Waals surface area contributed by atoms with Crippen LogP contribution in [-0.2, 0) is 4.74 Å². The summed E-state index contributed by atoms with van der Waals surface area (Å²) < 4.78 is 5.95. The SMILES string of the molecule is CC(C)CCC[C@@H](C)[C@@H]1CC[C@H]2[C@H]3CC=C4C[C@@H](OC(=O)c5ccc([NH+]([O-])O)cc5)CC[C@]4(C)[C@@H]3CC[C@@]21C. The number of benzene rings is 1. The van der Waals surface area contributed by atoms with Crippen molar-refractivity contribution in [3.63, 3.8) is 0 Å². The van der Waals surface area contributed by atoms with E-state index in [9.17, 15) is 10.0 Å². The number of nitrogens with one attached hydrogen (secondary N) is 1. The molecule has 4 aliphatic rings. The van der Waals surface area contributed by atoms with Gasteiger partial charge in [-0.05, 0) is 103 Å². The summed E-state index contributed by atoms with van der Waals surface area (Å²) in [6.45, 7) is 12.4. The highest BCUT2D eigenvalue weighted by Gasteiger charge is 2.59. The molecule has 216 valence electrons. The zero-order valence-electron chi connectivity index (χ0n) is 24.9. The van der Waals surface area contributed by atoms with Crippen molar-refractivity contribution >= 4 is 11.7 Å². The first-order chi connectivity index (χ1) is 18.5. The summed E-state index contributed by atoms with van der Waals surface area (Å²) in [5.41, 5.74) is 2.86. The van der Waals surface area contributed by atoms with E-state index in [1.54, 1.807) is 12.1 Å². The third-order valence-corrected chi connectivity index (χ3v) is 11.9. The van der Waals surface area contributed by atoms with E-state index in [-0.39, 0.29) is 23.2 Å². The molecule has 0 aliphatic heterocycles. The van der Waals surface area contributed by atoms with Gasteiger partial charge in [-0.3, -0.25) is 0 Å². The molecule has 0 bridgehead atoms. The normalized spacial score (nSPS) is 37.3. The third kappa shape index (κ3) is 5.48. The molecule has 5 rings (SSSR count). The van der Waals surface area contributed by atoms with Gasteiger partial charge in [0.25, 0.3) is 0 Å². The van der Waals surface area contributed by atoms with Crippen molar-refractivity contribution < 1.29 is 20.0 Å². The Morgan fingerprint density at radius 3 is 2.49 bits per heavy atom. The van der Waals surface area contributed by atoms with Crippen LogP contribution in [0.3, 0.4) is 0 Å². The summed E-state index contributed by atoms with van der Waals surface area (Å²) in [4.78, 5) is 12.8. The Morgan fingerprint density at radius 2 is 1.79 bits per heavy atom. The molecule has 0 heterocycles. The predicted octanol–water partition coefficient (Wildman–Crippen LogP) is 7.66. The lowest BCUT2D eigenvalue weighted by atomic mass is 9.47. The smallest absolute Gasteiger partial charge is 0.338 e. The molecule has 0 amide bonds. The van der Waals surface area contributed by atoms with Gasteiger partial charge in [-0.1, -0.05) is 65.5 Å². The summed E-state index contributed by atoms with van der Waals surface area (Å²) in [6, 6.07) is 6.06. The van der Waals surface area contributed by atoms with Crippen LogP contribution in [0.15, 0.2) is 35.9 Å². The second-order valence-corrected chi connectivity index (χ2v) is 14.4. The number of carbonyl (C=O) groups is 1. The monoisotopic (exact) mass is 537 g/mol. The Balaban J connectivity index is 1.23. The maximum Gasteiger partial charge on any atom is 0.338 e. The number of ether oxygens (including phenoxy) is 1. The molecule has 3 saturated carbocycles. The fourth-order valence-electron chi connectivity index (χ4n) is 9.72. The van der Waals surface area contributed by atoms with Gasteiger partial charge in [-0.2, -0.15) is 5.23 Å². The number of allylic oxidation sites excluding steroid dienone is 1. The van der Waals surface area contributed by atoms with Crippen molar-refractivity contribution in [2.45, 2.75) is 111 Å². The summed E-state index contributed by atoms with van der Waals surface area (Å²) in [5, 5.41) is 19.3. The van der Waals surface area contributed by atoms with Gasteiger partial charge in [-0.25, -0.2) is 10.0 Å². The van der Waals surface area contributed by atoms with Crippen molar-refractivity contribution in [1.29, 1.82) is 0 Å². The highest BCUT2D eigenvalue weighted by molar-refractivity contribution is 5.89. The van der Waals surface area contributed by atoms with Gasteiger partial charge >= 0.3 is 5.97 Å². The number of hydrogen-bond acceptors (Lipinski definition) is 4. The van der Waals surface area contributed by atoms with Crippen LogP contribution in [0, 0.1) is 51.5 Å². The maximum atomic E-state index is 12.8. The van der Waals surface area contributed by atoms with E-state index in [0.29, 0.717) is 11.0 Å². The topological polar surface area (TPSA) is 74.0 Å². The number of esters is 1. The quantitative estimate of drug-likeness (QED) is 0.203. The van der Waals surface area contributed by atoms with E-state index < -0.39 is 5.23 Å². The van der Waals surface area contributed by atoms with Crippen molar-refractivity contribution in [2.24, 2.45) is 46.3 Å². The van der Waals surface area contributed by atoms with Crippen molar-refractivity contribution in [3.8, 4) is 0 Å². The van der Waals surface area contributed by atoms with Gasteiger partial charge in [0.15, 0.2) is 5.69 Å². The van der Waals surface area contributed by atoms with Crippen molar-refractivity contribution in [3.05, 3.63) is 46.7 Å². The standard InChI is InChI=1S/C34H51NO4/c1-22(2)7-6-8-23(3)29-15-16-30-28-14-11-25-21-27(17-19-33(25,4)31(28)18-20-34(29,30)5)39-32(36)24-9-12-26(13-10-24)35(37)38/h9-13,22-23,27-31,35,37H,6-8,14-21H2,1-5H3/t23-,27+,28-,29+,30+,31-,33+,34-/m1/s1. The lowest BCUT2D eigenvalue weighted by Gasteiger charge is -2.58. The zero-order valence-corrected chi connectivity index (χ0v) is 24.9. The Hall–Kier alpha value is -1.69. The largest absolute Gasteiger partial charge is 0.595 e. The molecule has 9 atom stereocenters. The molecule has 39 heavy (non-hydrogen) atoms. The number of rotatable bonds is 8. The van der Waals surface area contributed by atoms with Crippen LogP contribution in [0.4, 0.5) is 5.69 Å². The second kappa shape index (κ2) is 11.3. The lowest BCUT2D eigenvalue weighted by molar-refractivity contribution is -0.991. The Bertz CT molecular complexity index is 1050. The summed E-state index contributed by atoms with van der Waals surface area (Å²) in [7, 11) is 0. The maximum absolute atomic E-state index is 12.8. The summed E-state index contributed by atoms with van der Waals surface area (Å²) in [5.74, 6) is 4.60. The Labute approximate surface area is 235 Å². The van der Waals surface area contributed by atoms with Crippen LogP contribution in [0.25, 0.3) is 0 Å². The van der Waals surface area contributed by atoms with E-state index in [2.05, 4.69) is 40.7 Å². The van der Waals surface area contributed by atoms with Crippen LogP contribution in [-0.4, -0.2) is 17.3 Å². The van der Waals surface area contributed by atoms with Gasteiger partial charge in [0.2, 0.25) is 0 Å². The van der Waals surface area contributed by atoms with Crippen LogP contribution in [0.2, 0.25) is 0 Å². The number of fused-ring (bicyclic) bond motifs is 5. The average Bonchev–Trinajstić information content (AvgIpc) is 3.26. The second-order valence-electron chi connectivity index (χ2n) is 14.4. The molecule has 4 aliphatic carbocycles. The van der Waals surface area contributed by atoms with Crippen LogP contribution in [0.5, 0.6) is 0 Å². The molecule has 1 aromatic rings. The molecule has 2 N–H and O–H groups in total. The molecular formula is C34H51NO4. The highest BCUT2D eigenvalue weighted by Crippen LogP contribution is 2.67. The van der Waals surface area contributed by atoms with Gasteiger partial charge in [0, 0.05) is 18.6 Å². The minimum Gasteiger partial charge on any atom is -0.595 e. The summed E-state index contributed by atoms with van der Waals surface area (Å²) in [6.07, 6.45) is 16.2. The number of quaternary nitrogens is 1. The minimum atomic E-state index is -0.990. The first-order valence-corrected chi connectivity index (χ1v) is 15.8. The van der Waals surface area contributed by atoms with Crippen LogP contribution in [0.1, 0.15) is 116 Å². The van der Waals surface area contributed by atoms with E-state index in [0.717, 1.165) is 54.8 Å². The van der Waals surface area contributed by atoms with Gasteiger partial charge in [-0.15, -0.1) is 0 Å². The molecule has 3 fully saturated rings. The number of carbonyl (C=O) groups excluding carboxylic acids is 1. The predicted molar refractivity (Wildman–Crippen MR) is 154 cm³/mol. The third-order valence-electron chi connectivity index (χ3n) is 11.9. The lowest BCUT2D eigenvalue weighted by Crippen LogP contribution is -2.99. The van der Waals surface area contributed by atoms with Gasteiger partial charge < -0.3 is 9.94 Å². The van der Waals surface area contributed by atoms with Crippen molar-refractivity contribution in [2.75, 3.05) is 0 Å². The van der Waals surface area contributed by atoms with Gasteiger partial charge in [0.05, 0.1) is 5.56 Å². The van der Waals surface area contributed by atoms with Crippen molar-refractivity contribution in [1.82, 2.24) is 0 Å². The van der Waals surface area contributed by atoms with E-state index in [1.165, 1.54) is 69.1 Å². The summed E-state index contributed by atoms with van der Waals surface area (Å²) >= 11 is 0. The molecule has 0 radical (unpaired) electrons. The Morgan fingerprint density at radius 1 is 1.05 bits per heavy atom. The average molecular weight is 538 g/mol. The van der Waals surface area contributed by atoms with Gasteiger partial charge in [0.1, 0.15) is 6.10 Å². The van der Waals surface area contributed by atoms with Crippen LogP contribution < -0.4 is 5.23 Å². The first kappa shape index (κ1) is 28.8. The van der Waals surface area contributed by atoms with E-state index in [4.69, 9.17) is 9.94 Å². The molecule has 0 saturated heterocycles. The Kier molecular flexibility index (Phi) is 8.35. The minimum absolute atomic E-state index is 0.0936. The molecule has 5 nitrogen and oxygen atoms in total. The zero-order chi connectivity index (χ0) is 27.9. The van der Waals surface area contributed by atoms with E-state index >= 15 is 0 Å². The molecular weight excluding hydrogens is 486 g/mol. The molecule has 5 heteroatoms. The van der Waals surface area contributed by atoms with E-state index in [1.807, 2.05) is 0 Å². The van der Waals surface area contributed by atoms with Crippen LogP contribution >= 0.6 is 0 Å². The fourth-order valence-corrected chi connectivity index (χ4v) is 9.72.